The van der Waals surface area contributed by atoms with Crippen molar-refractivity contribution in [2.24, 2.45) is 7.05 Å². The monoisotopic (exact) mass is 426 g/mol. The molecular weight excluding hydrogens is 407 g/mol. The third kappa shape index (κ3) is 3.47. The number of halogens is 1. The molecule has 22 heavy (non-hydrogen) atoms. The number of aliphatic hydroxyl groups excluding tert-OH is 1. The lowest BCUT2D eigenvalue weighted by Crippen LogP contribution is -3.00. The average molecular weight is 426 g/mol. The van der Waals surface area contributed by atoms with Crippen molar-refractivity contribution >= 4 is 23.5 Å². The molecule has 0 amide bonds. The molecule has 0 spiro atoms. The number of aliphatic hydroxyl groups is 1. The van der Waals surface area contributed by atoms with Crippen molar-refractivity contribution in [2.75, 3.05) is 18.1 Å². The number of thioether (sulfide) groups is 1. The zero-order valence-electron chi connectivity index (χ0n) is 12.7. The first-order chi connectivity index (χ1) is 10.2. The van der Waals surface area contributed by atoms with Crippen LogP contribution in [0.4, 0.5) is 5.69 Å². The fourth-order valence-electron chi connectivity index (χ4n) is 2.46. The van der Waals surface area contributed by atoms with Crippen molar-refractivity contribution in [2.45, 2.75) is 11.8 Å². The molecular formula is C17H19IN2OS. The maximum absolute atomic E-state index is 9.38. The molecule has 0 saturated carbocycles. The Labute approximate surface area is 152 Å². The predicted molar refractivity (Wildman–Crippen MR) is 87.1 cm³/mol. The summed E-state index contributed by atoms with van der Waals surface area (Å²) in [4.78, 5) is 3.44. The molecule has 3 rings (SSSR count). The van der Waals surface area contributed by atoms with Gasteiger partial charge in [-0.2, -0.15) is 0 Å². The summed E-state index contributed by atoms with van der Waals surface area (Å²) < 4.78 is 2.10. The number of pyridine rings is 1. The summed E-state index contributed by atoms with van der Waals surface area (Å²) in [5.74, 6) is 0. The number of fused-ring (bicyclic) bond motifs is 1. The Bertz CT molecular complexity index is 703. The summed E-state index contributed by atoms with van der Waals surface area (Å²) in [6.45, 7) is 2.86. The molecule has 5 heteroatoms. The van der Waals surface area contributed by atoms with Gasteiger partial charge in [0.05, 0.1) is 17.3 Å². The average Bonchev–Trinajstić information content (AvgIpc) is 2.79. The van der Waals surface area contributed by atoms with Crippen LogP contribution in [0.15, 0.2) is 52.5 Å². The first-order valence-corrected chi connectivity index (χ1v) is 7.84. The quantitative estimate of drug-likeness (QED) is 0.541. The Balaban J connectivity index is 0.00000176. The van der Waals surface area contributed by atoms with Crippen LogP contribution in [-0.4, -0.2) is 18.3 Å². The molecule has 1 N–H and O–H groups in total. The lowest BCUT2D eigenvalue weighted by Gasteiger charge is -2.19. The molecule has 1 aromatic heterocycles. The van der Waals surface area contributed by atoms with Gasteiger partial charge in [0.15, 0.2) is 6.20 Å². The molecule has 2 heterocycles. The number of aromatic nitrogens is 1. The summed E-state index contributed by atoms with van der Waals surface area (Å²) in [6.07, 6.45) is 4.22. The zero-order chi connectivity index (χ0) is 14.8. The number of anilines is 1. The van der Waals surface area contributed by atoms with Crippen LogP contribution in [0.1, 0.15) is 11.3 Å². The van der Waals surface area contributed by atoms with E-state index < -0.39 is 0 Å². The van der Waals surface area contributed by atoms with Crippen molar-refractivity contribution in [1.82, 2.24) is 0 Å². The summed E-state index contributed by atoms with van der Waals surface area (Å²) in [5.41, 5.74) is 3.58. The highest BCUT2D eigenvalue weighted by molar-refractivity contribution is 8.03. The van der Waals surface area contributed by atoms with Gasteiger partial charge in [-0.1, -0.05) is 17.8 Å². The molecule has 0 atom stereocenters. The SMILES string of the molecule is Cc1ccc2c(c1)N(CCO)/C(=C/c1cccc[n+]1C)S2.[I-]. The van der Waals surface area contributed by atoms with Gasteiger partial charge in [0.1, 0.15) is 7.05 Å². The van der Waals surface area contributed by atoms with E-state index in [1.165, 1.54) is 16.1 Å². The molecule has 2 aromatic rings. The lowest BCUT2D eigenvalue weighted by molar-refractivity contribution is -0.673. The first-order valence-electron chi connectivity index (χ1n) is 7.02. The lowest BCUT2D eigenvalue weighted by atomic mass is 10.2. The van der Waals surface area contributed by atoms with E-state index in [-0.39, 0.29) is 30.6 Å². The van der Waals surface area contributed by atoms with Gasteiger partial charge in [-0.05, 0) is 30.7 Å². The van der Waals surface area contributed by atoms with Gasteiger partial charge in [0, 0.05) is 29.6 Å². The van der Waals surface area contributed by atoms with Crippen molar-refractivity contribution in [1.29, 1.82) is 0 Å². The third-order valence-corrected chi connectivity index (χ3v) is 4.69. The second-order valence-corrected chi connectivity index (χ2v) is 6.23. The summed E-state index contributed by atoms with van der Waals surface area (Å²) in [5, 5.41) is 10.5. The molecule has 0 fully saturated rings. The maximum Gasteiger partial charge on any atom is 0.207 e. The zero-order valence-corrected chi connectivity index (χ0v) is 15.6. The Hall–Kier alpha value is -1.05. The molecule has 0 saturated heterocycles. The van der Waals surface area contributed by atoms with E-state index in [2.05, 4.69) is 46.7 Å². The molecule has 1 aliphatic heterocycles. The van der Waals surface area contributed by atoms with E-state index in [0.29, 0.717) is 6.54 Å². The van der Waals surface area contributed by atoms with Crippen molar-refractivity contribution in [3.8, 4) is 0 Å². The highest BCUT2D eigenvalue weighted by atomic mass is 127. The van der Waals surface area contributed by atoms with Gasteiger partial charge in [-0.15, -0.1) is 0 Å². The van der Waals surface area contributed by atoms with Gasteiger partial charge in [-0.3, -0.25) is 0 Å². The van der Waals surface area contributed by atoms with Gasteiger partial charge in [0.2, 0.25) is 5.69 Å². The number of aryl methyl sites for hydroxylation is 2. The molecule has 116 valence electrons. The Kier molecular flexibility index (Phi) is 5.88. The largest absolute Gasteiger partial charge is 1.00 e. The Morgan fingerprint density at radius 3 is 2.82 bits per heavy atom. The van der Waals surface area contributed by atoms with Crippen LogP contribution >= 0.6 is 11.8 Å². The number of nitrogens with zero attached hydrogens (tertiary/aromatic N) is 2. The van der Waals surface area contributed by atoms with Crippen molar-refractivity contribution in [3.05, 3.63) is 58.9 Å². The smallest absolute Gasteiger partial charge is 0.207 e. The van der Waals surface area contributed by atoms with Gasteiger partial charge in [0.25, 0.3) is 0 Å². The number of β-amino-alcohol motifs (C(OH)–C–C–N with tert-alkyl or cyclic N) is 1. The normalized spacial score (nSPS) is 14.9. The highest BCUT2D eigenvalue weighted by Gasteiger charge is 2.25. The molecule has 0 bridgehead atoms. The van der Waals surface area contributed by atoms with Crippen LogP contribution in [0, 0.1) is 6.92 Å². The fourth-order valence-corrected chi connectivity index (χ4v) is 3.58. The molecule has 0 aliphatic carbocycles. The van der Waals surface area contributed by atoms with Crippen LogP contribution in [-0.2, 0) is 7.05 Å². The minimum Gasteiger partial charge on any atom is -1.00 e. The second-order valence-electron chi connectivity index (χ2n) is 5.17. The van der Waals surface area contributed by atoms with E-state index in [1.54, 1.807) is 11.8 Å². The minimum absolute atomic E-state index is 0. The van der Waals surface area contributed by atoms with Crippen LogP contribution in [0.2, 0.25) is 0 Å². The van der Waals surface area contributed by atoms with E-state index in [9.17, 15) is 5.11 Å². The first kappa shape index (κ1) is 17.3. The van der Waals surface area contributed by atoms with E-state index >= 15 is 0 Å². The van der Waals surface area contributed by atoms with Gasteiger partial charge in [-0.25, -0.2) is 4.57 Å². The van der Waals surface area contributed by atoms with Crippen molar-refractivity contribution < 1.29 is 33.7 Å². The molecule has 0 unspecified atom stereocenters. The second kappa shape index (κ2) is 7.48. The van der Waals surface area contributed by atoms with Crippen molar-refractivity contribution in [3.63, 3.8) is 0 Å². The number of hydrogen-bond donors (Lipinski definition) is 1. The number of hydrogen-bond acceptors (Lipinski definition) is 3. The van der Waals surface area contributed by atoms with Crippen LogP contribution in [0.25, 0.3) is 6.08 Å². The van der Waals surface area contributed by atoms with Crippen LogP contribution in [0.3, 0.4) is 0 Å². The van der Waals surface area contributed by atoms with Gasteiger partial charge < -0.3 is 34.0 Å². The standard InChI is InChI=1S/C17H19N2OS.HI/c1-13-6-7-16-15(11-13)19(9-10-20)17(21-16)12-14-5-3-4-8-18(14)2;/h3-8,11-12,20H,9-10H2,1-2H3;1H/q+1;/p-1. The van der Waals surface area contributed by atoms with E-state index in [4.69, 9.17) is 0 Å². The summed E-state index contributed by atoms with van der Waals surface area (Å²) in [7, 11) is 2.04. The maximum atomic E-state index is 9.38. The van der Waals surface area contributed by atoms with E-state index in [1.807, 2.05) is 25.4 Å². The fraction of sp³-hybridized carbons (Fsp3) is 0.235. The minimum atomic E-state index is 0. The Morgan fingerprint density at radius 1 is 1.27 bits per heavy atom. The number of rotatable bonds is 3. The molecule has 0 radical (unpaired) electrons. The third-order valence-electron chi connectivity index (χ3n) is 3.58. The van der Waals surface area contributed by atoms with Crippen LogP contribution < -0.4 is 33.4 Å². The molecule has 1 aromatic carbocycles. The van der Waals surface area contributed by atoms with Gasteiger partial charge >= 0.3 is 0 Å². The predicted octanol–water partition coefficient (Wildman–Crippen LogP) is -0.273. The summed E-state index contributed by atoms with van der Waals surface area (Å²) in [6, 6.07) is 12.6. The number of benzene rings is 1. The van der Waals surface area contributed by atoms with E-state index in [0.717, 1.165) is 10.7 Å². The topological polar surface area (TPSA) is 27.3 Å². The highest BCUT2D eigenvalue weighted by Crippen LogP contribution is 2.46. The van der Waals surface area contributed by atoms with Crippen LogP contribution in [0.5, 0.6) is 0 Å². The molecule has 3 nitrogen and oxygen atoms in total. The summed E-state index contributed by atoms with van der Waals surface area (Å²) >= 11 is 1.76. The Morgan fingerprint density at radius 2 is 2.09 bits per heavy atom. The molecule has 1 aliphatic rings.